The fraction of sp³-hybridized carbons (Fsp3) is 0.353. The van der Waals surface area contributed by atoms with Crippen molar-refractivity contribution in [3.63, 3.8) is 0 Å². The van der Waals surface area contributed by atoms with E-state index in [4.69, 9.17) is 23.8 Å². The van der Waals surface area contributed by atoms with Crippen LogP contribution in [0.15, 0.2) is 24.3 Å². The minimum absolute atomic E-state index is 0.230. The molecule has 1 aliphatic rings. The summed E-state index contributed by atoms with van der Waals surface area (Å²) in [7, 11) is 3.35. The zero-order chi connectivity index (χ0) is 21.5. The van der Waals surface area contributed by atoms with E-state index >= 15 is 0 Å². The summed E-state index contributed by atoms with van der Waals surface area (Å²) >= 11 is 11.3. The summed E-state index contributed by atoms with van der Waals surface area (Å²) in [5, 5.41) is 6.59. The van der Waals surface area contributed by atoms with Crippen LogP contribution < -0.4 is 10.1 Å². The molecule has 6 nitrogen and oxygen atoms in total. The van der Waals surface area contributed by atoms with Gasteiger partial charge in [-0.15, -0.1) is 13.2 Å². The van der Waals surface area contributed by atoms with Gasteiger partial charge in [-0.2, -0.15) is 5.10 Å². The molecule has 2 atom stereocenters. The second-order valence-corrected chi connectivity index (χ2v) is 7.28. The van der Waals surface area contributed by atoms with Crippen molar-refractivity contribution in [2.24, 2.45) is 13.0 Å². The Kier molecular flexibility index (Phi) is 5.72. The second kappa shape index (κ2) is 7.79. The summed E-state index contributed by atoms with van der Waals surface area (Å²) in [5.74, 6) is -4.42. The number of halogens is 5. The average molecular weight is 451 g/mol. The van der Waals surface area contributed by atoms with Crippen LogP contribution in [0.1, 0.15) is 11.6 Å². The number of ether oxygens (including phenoxy) is 1. The van der Waals surface area contributed by atoms with Crippen LogP contribution in [0.2, 0.25) is 5.15 Å². The molecule has 1 aromatic carbocycles. The Labute approximate surface area is 173 Å². The Balaban J connectivity index is 1.92. The van der Waals surface area contributed by atoms with Crippen LogP contribution >= 0.6 is 23.8 Å². The van der Waals surface area contributed by atoms with E-state index in [0.29, 0.717) is 17.2 Å². The van der Waals surface area contributed by atoms with Crippen LogP contribution in [0.4, 0.5) is 23.2 Å². The van der Waals surface area contributed by atoms with Crippen LogP contribution in [0.5, 0.6) is 5.75 Å². The van der Waals surface area contributed by atoms with Gasteiger partial charge in [0.05, 0.1) is 16.6 Å². The number of hydrogen-bond donors (Lipinski definition) is 1. The van der Waals surface area contributed by atoms with Crippen LogP contribution in [0.25, 0.3) is 0 Å². The zero-order valence-corrected chi connectivity index (χ0v) is 16.7. The number of hydrogen-bond acceptors (Lipinski definition) is 4. The van der Waals surface area contributed by atoms with E-state index in [2.05, 4.69) is 15.2 Å². The fourth-order valence-corrected chi connectivity index (χ4v) is 3.86. The molecular formula is C17H15ClF4N4O2S. The van der Waals surface area contributed by atoms with Crippen molar-refractivity contribution in [3.8, 4) is 5.75 Å². The van der Waals surface area contributed by atoms with E-state index in [9.17, 15) is 22.4 Å². The molecule has 0 unspecified atom stereocenters. The quantitative estimate of drug-likeness (QED) is 0.568. The smallest absolute Gasteiger partial charge is 0.400 e. The van der Waals surface area contributed by atoms with Gasteiger partial charge in [0.2, 0.25) is 5.91 Å². The third-order valence-electron chi connectivity index (χ3n) is 4.51. The van der Waals surface area contributed by atoms with Gasteiger partial charge < -0.3 is 15.0 Å². The van der Waals surface area contributed by atoms with Crippen molar-refractivity contribution in [2.75, 3.05) is 18.9 Å². The van der Waals surface area contributed by atoms with Gasteiger partial charge in [-0.05, 0) is 18.2 Å². The van der Waals surface area contributed by atoms with E-state index < -0.39 is 41.4 Å². The highest BCUT2D eigenvalue weighted by Gasteiger charge is 2.43. The van der Waals surface area contributed by atoms with Gasteiger partial charge in [0.15, 0.2) is 16.7 Å². The first-order valence-corrected chi connectivity index (χ1v) is 9.06. The molecule has 0 saturated carbocycles. The summed E-state index contributed by atoms with van der Waals surface area (Å²) < 4.78 is 57.1. The monoisotopic (exact) mass is 450 g/mol. The zero-order valence-electron chi connectivity index (χ0n) is 15.1. The molecule has 1 amide bonds. The van der Waals surface area contributed by atoms with Gasteiger partial charge >= 0.3 is 6.36 Å². The van der Waals surface area contributed by atoms with Crippen molar-refractivity contribution in [1.82, 2.24) is 14.7 Å². The number of thiocarbonyl (C=S) groups is 1. The third kappa shape index (κ3) is 4.45. The molecule has 1 fully saturated rings. The van der Waals surface area contributed by atoms with Crippen molar-refractivity contribution >= 4 is 40.4 Å². The highest BCUT2D eigenvalue weighted by molar-refractivity contribution is 7.80. The first kappa shape index (κ1) is 21.3. The molecule has 1 saturated heterocycles. The largest absolute Gasteiger partial charge is 0.573 e. The molecule has 1 N–H and O–H groups in total. The summed E-state index contributed by atoms with van der Waals surface area (Å²) in [6, 6.07) is 4.66. The number of nitrogens with one attached hydrogen (secondary N) is 1. The van der Waals surface area contributed by atoms with Gasteiger partial charge in [-0.1, -0.05) is 29.9 Å². The molecule has 0 aliphatic carbocycles. The Morgan fingerprint density at radius 1 is 1.38 bits per heavy atom. The standard InChI is InChI=1S/C17H15ClF4N4O2S/c1-25-7-8(11-6-12(18)24-26(11)2)13(16(25)29)15(27)23-10-5-3-4-9(19)14(10)28-17(20,21)22/h3-6,8,13H,7H2,1-2H3,(H,23,27)/t8-,13+/m1/s1. The lowest BCUT2D eigenvalue weighted by Crippen LogP contribution is -2.32. The van der Waals surface area contributed by atoms with Crippen LogP contribution in [0, 0.1) is 11.7 Å². The van der Waals surface area contributed by atoms with E-state index in [0.717, 1.165) is 18.2 Å². The molecule has 0 spiro atoms. The Morgan fingerprint density at radius 3 is 2.66 bits per heavy atom. The molecule has 1 aliphatic heterocycles. The van der Waals surface area contributed by atoms with E-state index in [-0.39, 0.29) is 5.15 Å². The van der Waals surface area contributed by atoms with Gasteiger partial charge in [0.1, 0.15) is 0 Å². The number of benzene rings is 1. The first-order chi connectivity index (χ1) is 13.5. The number of carbonyl (C=O) groups excluding carboxylic acids is 1. The average Bonchev–Trinajstić information content (AvgIpc) is 3.08. The number of likely N-dealkylation sites (N-methyl/N-ethyl adjacent to an activating group) is 1. The van der Waals surface area contributed by atoms with Crippen LogP contribution in [-0.2, 0) is 11.8 Å². The highest BCUT2D eigenvalue weighted by atomic mass is 35.5. The minimum atomic E-state index is -5.13. The lowest BCUT2D eigenvalue weighted by molar-refractivity contribution is -0.275. The Bertz CT molecular complexity index is 965. The molecular weight excluding hydrogens is 436 g/mol. The molecule has 156 valence electrons. The number of likely N-dealkylation sites (tertiary alicyclic amines) is 1. The van der Waals surface area contributed by atoms with Crippen LogP contribution in [-0.4, -0.2) is 45.5 Å². The Morgan fingerprint density at radius 2 is 2.07 bits per heavy atom. The van der Waals surface area contributed by atoms with Crippen molar-refractivity contribution in [1.29, 1.82) is 0 Å². The van der Waals surface area contributed by atoms with Gasteiger partial charge in [0.25, 0.3) is 0 Å². The number of aromatic nitrogens is 2. The lowest BCUT2D eigenvalue weighted by Gasteiger charge is -2.20. The molecule has 3 rings (SSSR count). The molecule has 2 heterocycles. The number of anilines is 1. The van der Waals surface area contributed by atoms with Gasteiger partial charge in [-0.3, -0.25) is 9.48 Å². The maximum atomic E-state index is 13.9. The van der Waals surface area contributed by atoms with Gasteiger partial charge in [-0.25, -0.2) is 4.39 Å². The van der Waals surface area contributed by atoms with Crippen molar-refractivity contribution < 1.29 is 27.1 Å². The summed E-state index contributed by atoms with van der Waals surface area (Å²) in [6.45, 7) is 0.377. The van der Waals surface area contributed by atoms with E-state index in [1.165, 1.54) is 4.68 Å². The fourth-order valence-electron chi connectivity index (χ4n) is 3.29. The summed E-state index contributed by atoms with van der Waals surface area (Å²) in [5.41, 5.74) is 0.180. The highest BCUT2D eigenvalue weighted by Crippen LogP contribution is 2.37. The summed E-state index contributed by atoms with van der Waals surface area (Å²) in [6.07, 6.45) is -5.13. The molecule has 0 bridgehead atoms. The molecule has 2 aromatic rings. The number of amides is 1. The topological polar surface area (TPSA) is 59.4 Å². The number of alkyl halides is 3. The van der Waals surface area contributed by atoms with Crippen LogP contribution in [0.3, 0.4) is 0 Å². The maximum Gasteiger partial charge on any atom is 0.573 e. The summed E-state index contributed by atoms with van der Waals surface area (Å²) in [4.78, 5) is 14.9. The number of aryl methyl sites for hydroxylation is 1. The molecule has 12 heteroatoms. The van der Waals surface area contributed by atoms with Crippen molar-refractivity contribution in [2.45, 2.75) is 12.3 Å². The molecule has 29 heavy (non-hydrogen) atoms. The normalized spacial score (nSPS) is 19.6. The maximum absolute atomic E-state index is 13.9. The molecule has 1 aromatic heterocycles. The number of para-hydroxylation sites is 1. The van der Waals surface area contributed by atoms with Crippen molar-refractivity contribution in [3.05, 3.63) is 40.9 Å². The van der Waals surface area contributed by atoms with E-state index in [1.54, 1.807) is 25.1 Å². The Hall–Kier alpha value is -2.40. The van der Waals surface area contributed by atoms with E-state index in [1.807, 2.05) is 0 Å². The molecule has 0 radical (unpaired) electrons. The predicted molar refractivity (Wildman–Crippen MR) is 101 cm³/mol. The number of rotatable bonds is 4. The lowest BCUT2D eigenvalue weighted by atomic mass is 9.91. The number of carbonyl (C=O) groups is 1. The number of nitrogens with zero attached hydrogens (tertiary/aromatic N) is 3. The third-order valence-corrected chi connectivity index (χ3v) is 5.26. The first-order valence-electron chi connectivity index (χ1n) is 8.27. The predicted octanol–water partition coefficient (Wildman–Crippen LogP) is 3.72. The SMILES string of the molecule is CN1C[C@H](c2cc(Cl)nn2C)[C@@H](C(=O)Nc2cccc(F)c2OC(F)(F)F)C1=S. The minimum Gasteiger partial charge on any atom is -0.400 e. The second-order valence-electron chi connectivity index (χ2n) is 6.47. The van der Waals surface area contributed by atoms with Gasteiger partial charge in [0, 0.05) is 32.3 Å².